The number of hydrogen-bond donors (Lipinski definition) is 1. The van der Waals surface area contributed by atoms with E-state index in [4.69, 9.17) is 0 Å². The third-order valence-corrected chi connectivity index (χ3v) is 3.04. The maximum Gasteiger partial charge on any atom is 0.0897 e. The Balaban J connectivity index is 2.30. The first-order valence-corrected chi connectivity index (χ1v) is 6.46. The first-order chi connectivity index (χ1) is 7.61. The van der Waals surface area contributed by atoms with Gasteiger partial charge >= 0.3 is 0 Å². The van der Waals surface area contributed by atoms with Gasteiger partial charge in [-0.25, -0.2) is 4.98 Å². The Kier molecular flexibility index (Phi) is 5.66. The molecule has 0 aliphatic heterocycles. The van der Waals surface area contributed by atoms with Gasteiger partial charge in [0, 0.05) is 25.0 Å². The van der Waals surface area contributed by atoms with E-state index in [2.05, 4.69) is 41.1 Å². The highest BCUT2D eigenvalue weighted by atomic mass is 32.1. The average molecular weight is 239 g/mol. The van der Waals surface area contributed by atoms with Crippen molar-refractivity contribution in [2.75, 3.05) is 26.7 Å². The molecule has 1 aromatic heterocycles. The molecule has 16 heavy (non-hydrogen) atoms. The van der Waals surface area contributed by atoms with Crippen LogP contribution in [0, 0.1) is 6.92 Å². The van der Waals surface area contributed by atoms with Gasteiger partial charge < -0.3 is 5.32 Å². The SMILES string of the molecule is C=C(CNCC)CN(C)Cc1csc(C)n1. The maximum absolute atomic E-state index is 4.45. The van der Waals surface area contributed by atoms with E-state index in [1.807, 2.05) is 6.92 Å². The van der Waals surface area contributed by atoms with Crippen molar-refractivity contribution in [2.45, 2.75) is 20.4 Å². The summed E-state index contributed by atoms with van der Waals surface area (Å²) in [5, 5.41) is 6.54. The zero-order valence-electron chi connectivity index (χ0n) is 10.4. The minimum Gasteiger partial charge on any atom is -0.313 e. The van der Waals surface area contributed by atoms with Gasteiger partial charge in [-0.05, 0) is 26.1 Å². The monoisotopic (exact) mass is 239 g/mol. The number of likely N-dealkylation sites (N-methyl/N-ethyl adjacent to an activating group) is 2. The van der Waals surface area contributed by atoms with Crippen LogP contribution in [0.2, 0.25) is 0 Å². The molecular weight excluding hydrogens is 218 g/mol. The molecule has 0 atom stereocenters. The maximum atomic E-state index is 4.45. The van der Waals surface area contributed by atoms with Crippen molar-refractivity contribution in [3.05, 3.63) is 28.2 Å². The molecule has 90 valence electrons. The fourth-order valence-electron chi connectivity index (χ4n) is 1.55. The van der Waals surface area contributed by atoms with E-state index in [1.54, 1.807) is 11.3 Å². The molecule has 4 heteroatoms. The van der Waals surface area contributed by atoms with E-state index in [0.717, 1.165) is 36.9 Å². The fourth-order valence-corrected chi connectivity index (χ4v) is 2.16. The largest absolute Gasteiger partial charge is 0.313 e. The molecule has 1 aromatic rings. The average Bonchev–Trinajstić information content (AvgIpc) is 2.60. The summed E-state index contributed by atoms with van der Waals surface area (Å²) in [6.45, 7) is 11.9. The van der Waals surface area contributed by atoms with Gasteiger partial charge in [-0.15, -0.1) is 11.3 Å². The molecule has 0 fully saturated rings. The summed E-state index contributed by atoms with van der Waals surface area (Å²) in [5.74, 6) is 0. The topological polar surface area (TPSA) is 28.2 Å². The van der Waals surface area contributed by atoms with Crippen LogP contribution in [0.3, 0.4) is 0 Å². The third-order valence-electron chi connectivity index (χ3n) is 2.22. The molecule has 0 spiro atoms. The number of thiazole rings is 1. The van der Waals surface area contributed by atoms with Crippen LogP contribution in [-0.2, 0) is 6.54 Å². The van der Waals surface area contributed by atoms with E-state index in [-0.39, 0.29) is 0 Å². The Hall–Kier alpha value is -0.710. The minimum absolute atomic E-state index is 0.898. The Morgan fingerprint density at radius 3 is 2.94 bits per heavy atom. The van der Waals surface area contributed by atoms with Crippen LogP contribution >= 0.6 is 11.3 Å². The van der Waals surface area contributed by atoms with E-state index in [0.29, 0.717) is 0 Å². The van der Waals surface area contributed by atoms with Gasteiger partial charge in [0.25, 0.3) is 0 Å². The smallest absolute Gasteiger partial charge is 0.0897 e. The molecule has 0 amide bonds. The molecule has 0 aromatic carbocycles. The number of nitrogens with one attached hydrogen (secondary N) is 1. The van der Waals surface area contributed by atoms with E-state index in [1.165, 1.54) is 5.57 Å². The van der Waals surface area contributed by atoms with Crippen molar-refractivity contribution in [1.29, 1.82) is 0 Å². The van der Waals surface area contributed by atoms with Crippen molar-refractivity contribution in [1.82, 2.24) is 15.2 Å². The van der Waals surface area contributed by atoms with Crippen molar-refractivity contribution >= 4 is 11.3 Å². The quantitative estimate of drug-likeness (QED) is 0.738. The fraction of sp³-hybridized carbons (Fsp3) is 0.583. The normalized spacial score (nSPS) is 11.0. The van der Waals surface area contributed by atoms with Crippen LogP contribution < -0.4 is 5.32 Å². The molecule has 0 radical (unpaired) electrons. The van der Waals surface area contributed by atoms with Crippen molar-refractivity contribution in [3.8, 4) is 0 Å². The number of rotatable bonds is 7. The van der Waals surface area contributed by atoms with Crippen LogP contribution in [0.1, 0.15) is 17.6 Å². The summed E-state index contributed by atoms with van der Waals surface area (Å²) in [5.41, 5.74) is 2.37. The standard InChI is InChI=1S/C12H21N3S/c1-5-13-6-10(2)7-15(4)8-12-9-16-11(3)14-12/h9,13H,2,5-8H2,1,3-4H3. The van der Waals surface area contributed by atoms with Gasteiger partial charge in [-0.1, -0.05) is 13.5 Å². The predicted molar refractivity (Wildman–Crippen MR) is 70.9 cm³/mol. The first-order valence-electron chi connectivity index (χ1n) is 5.58. The second-order valence-corrected chi connectivity index (χ2v) is 5.12. The molecule has 0 saturated heterocycles. The molecule has 3 nitrogen and oxygen atoms in total. The Labute approximate surface area is 102 Å². The second-order valence-electron chi connectivity index (χ2n) is 4.06. The van der Waals surface area contributed by atoms with Gasteiger partial charge in [-0.2, -0.15) is 0 Å². The second kappa shape index (κ2) is 6.78. The van der Waals surface area contributed by atoms with E-state index >= 15 is 0 Å². The van der Waals surface area contributed by atoms with E-state index in [9.17, 15) is 0 Å². The lowest BCUT2D eigenvalue weighted by atomic mass is 10.2. The molecule has 1 heterocycles. The highest BCUT2D eigenvalue weighted by molar-refractivity contribution is 7.09. The molecule has 1 rings (SSSR count). The van der Waals surface area contributed by atoms with Crippen LogP contribution in [0.15, 0.2) is 17.5 Å². The van der Waals surface area contributed by atoms with E-state index < -0.39 is 0 Å². The first kappa shape index (κ1) is 13.4. The molecular formula is C12H21N3S. The van der Waals surface area contributed by atoms with Crippen molar-refractivity contribution in [3.63, 3.8) is 0 Å². The lowest BCUT2D eigenvalue weighted by Crippen LogP contribution is -2.25. The zero-order valence-corrected chi connectivity index (χ0v) is 11.2. The Morgan fingerprint density at radius 2 is 2.38 bits per heavy atom. The molecule has 1 N–H and O–H groups in total. The highest BCUT2D eigenvalue weighted by Gasteiger charge is 2.04. The van der Waals surface area contributed by atoms with Gasteiger partial charge in [0.2, 0.25) is 0 Å². The van der Waals surface area contributed by atoms with Crippen LogP contribution in [0.25, 0.3) is 0 Å². The van der Waals surface area contributed by atoms with Crippen molar-refractivity contribution in [2.24, 2.45) is 0 Å². The summed E-state index contributed by atoms with van der Waals surface area (Å²) in [6, 6.07) is 0. The highest BCUT2D eigenvalue weighted by Crippen LogP contribution is 2.10. The van der Waals surface area contributed by atoms with Crippen LogP contribution in [-0.4, -0.2) is 36.6 Å². The predicted octanol–water partition coefficient (Wildman–Crippen LogP) is 2.05. The summed E-state index contributed by atoms with van der Waals surface area (Å²) >= 11 is 1.71. The molecule has 0 unspecified atom stereocenters. The number of aromatic nitrogens is 1. The molecule has 0 aliphatic rings. The van der Waals surface area contributed by atoms with Crippen molar-refractivity contribution < 1.29 is 0 Å². The van der Waals surface area contributed by atoms with Crippen LogP contribution in [0.5, 0.6) is 0 Å². The Bertz CT molecular complexity index is 333. The zero-order chi connectivity index (χ0) is 12.0. The molecule has 0 bridgehead atoms. The minimum atomic E-state index is 0.898. The van der Waals surface area contributed by atoms with Gasteiger partial charge in [0.15, 0.2) is 0 Å². The number of hydrogen-bond acceptors (Lipinski definition) is 4. The van der Waals surface area contributed by atoms with Crippen LogP contribution in [0.4, 0.5) is 0 Å². The van der Waals surface area contributed by atoms with Gasteiger partial charge in [0.1, 0.15) is 0 Å². The summed E-state index contributed by atoms with van der Waals surface area (Å²) in [6.07, 6.45) is 0. The third kappa shape index (κ3) is 4.88. The lowest BCUT2D eigenvalue weighted by molar-refractivity contribution is 0.348. The molecule has 0 saturated carbocycles. The Morgan fingerprint density at radius 1 is 1.62 bits per heavy atom. The number of aryl methyl sites for hydroxylation is 1. The summed E-state index contributed by atoms with van der Waals surface area (Å²) in [7, 11) is 2.10. The molecule has 0 aliphatic carbocycles. The number of nitrogens with zero attached hydrogens (tertiary/aromatic N) is 2. The summed E-state index contributed by atoms with van der Waals surface area (Å²) < 4.78 is 0. The summed E-state index contributed by atoms with van der Waals surface area (Å²) in [4.78, 5) is 6.70. The van der Waals surface area contributed by atoms with Gasteiger partial charge in [-0.3, -0.25) is 4.90 Å². The van der Waals surface area contributed by atoms with Gasteiger partial charge in [0.05, 0.1) is 10.7 Å². The lowest BCUT2D eigenvalue weighted by Gasteiger charge is -2.17.